The molecule has 4 nitrogen and oxygen atoms in total. The molecule has 0 aromatic heterocycles. The maximum atomic E-state index is 12.2. The van der Waals surface area contributed by atoms with Crippen LogP contribution in [-0.2, 0) is 9.59 Å². The highest BCUT2D eigenvalue weighted by Gasteiger charge is 2.19. The Morgan fingerprint density at radius 2 is 1.81 bits per heavy atom. The molecule has 4 heteroatoms. The van der Waals surface area contributed by atoms with E-state index in [2.05, 4.69) is 19.2 Å². The minimum Gasteiger partial charge on any atom is -0.331 e. The first kappa shape index (κ1) is 17.2. The number of hydrogen-bond acceptors (Lipinski definition) is 2. The molecule has 2 amide bonds. The predicted octanol–water partition coefficient (Wildman–Crippen LogP) is 3.40. The lowest BCUT2D eigenvalue weighted by molar-refractivity contribution is -0.134. The molecular weight excluding hydrogens is 264 g/mol. The number of amides is 2. The lowest BCUT2D eigenvalue weighted by Crippen LogP contribution is -2.42. The maximum Gasteiger partial charge on any atom is 0.244 e. The summed E-state index contributed by atoms with van der Waals surface area (Å²) < 4.78 is 0. The van der Waals surface area contributed by atoms with Crippen LogP contribution >= 0.6 is 0 Å². The van der Waals surface area contributed by atoms with Crippen molar-refractivity contribution in [2.75, 3.05) is 11.9 Å². The molecule has 0 saturated carbocycles. The van der Waals surface area contributed by atoms with Gasteiger partial charge in [-0.2, -0.15) is 0 Å². The fourth-order valence-corrected chi connectivity index (χ4v) is 2.26. The van der Waals surface area contributed by atoms with Gasteiger partial charge in [-0.15, -0.1) is 0 Å². The van der Waals surface area contributed by atoms with Gasteiger partial charge in [0.15, 0.2) is 0 Å². The zero-order chi connectivity index (χ0) is 16.0. The molecule has 0 bridgehead atoms. The predicted molar refractivity (Wildman–Crippen MR) is 86.3 cm³/mol. The van der Waals surface area contributed by atoms with Crippen LogP contribution in [-0.4, -0.2) is 29.3 Å². The van der Waals surface area contributed by atoms with Crippen molar-refractivity contribution in [1.82, 2.24) is 4.90 Å². The van der Waals surface area contributed by atoms with Crippen LogP contribution in [0.5, 0.6) is 0 Å². The SMILES string of the molecule is CCC(C)N(CC(=O)Nc1ccccc1C(C)C)C(C)=O. The molecule has 0 aliphatic rings. The molecule has 1 aromatic carbocycles. The molecule has 0 radical (unpaired) electrons. The molecule has 0 heterocycles. The van der Waals surface area contributed by atoms with E-state index in [1.165, 1.54) is 6.92 Å². The quantitative estimate of drug-likeness (QED) is 0.873. The van der Waals surface area contributed by atoms with Gasteiger partial charge in [-0.1, -0.05) is 39.0 Å². The van der Waals surface area contributed by atoms with Gasteiger partial charge in [0.05, 0.1) is 0 Å². The third-order valence-corrected chi connectivity index (χ3v) is 3.70. The van der Waals surface area contributed by atoms with Crippen LogP contribution in [0.4, 0.5) is 5.69 Å². The largest absolute Gasteiger partial charge is 0.331 e. The third-order valence-electron chi connectivity index (χ3n) is 3.70. The average molecular weight is 290 g/mol. The summed E-state index contributed by atoms with van der Waals surface area (Å²) in [7, 11) is 0. The number of nitrogens with one attached hydrogen (secondary N) is 1. The standard InChI is InChI=1S/C17H26N2O2/c1-6-13(4)19(14(5)20)11-17(21)18-16-10-8-7-9-15(16)12(2)3/h7-10,12-13H,6,11H2,1-5H3,(H,18,21). The normalized spacial score (nSPS) is 12.1. The van der Waals surface area contributed by atoms with E-state index >= 15 is 0 Å². The van der Waals surface area contributed by atoms with Crippen molar-refractivity contribution < 1.29 is 9.59 Å². The van der Waals surface area contributed by atoms with Crippen LogP contribution in [0.1, 0.15) is 52.5 Å². The molecule has 0 spiro atoms. The summed E-state index contributed by atoms with van der Waals surface area (Å²) in [6.45, 7) is 9.74. The molecule has 0 aliphatic heterocycles. The van der Waals surface area contributed by atoms with Crippen LogP contribution < -0.4 is 5.32 Å². The Labute approximate surface area is 127 Å². The topological polar surface area (TPSA) is 49.4 Å². The lowest BCUT2D eigenvalue weighted by Gasteiger charge is -2.27. The highest BCUT2D eigenvalue weighted by Crippen LogP contribution is 2.23. The fourth-order valence-electron chi connectivity index (χ4n) is 2.26. The summed E-state index contributed by atoms with van der Waals surface area (Å²) in [6.07, 6.45) is 0.829. The van der Waals surface area contributed by atoms with Gasteiger partial charge in [0.1, 0.15) is 6.54 Å². The number of rotatable bonds is 6. The Morgan fingerprint density at radius 3 is 2.33 bits per heavy atom. The van der Waals surface area contributed by atoms with Crippen LogP contribution in [0, 0.1) is 0 Å². The molecule has 1 unspecified atom stereocenters. The van der Waals surface area contributed by atoms with Crippen molar-refractivity contribution in [3.8, 4) is 0 Å². The van der Waals surface area contributed by atoms with Crippen LogP contribution in [0.15, 0.2) is 24.3 Å². The molecule has 0 aliphatic carbocycles. The molecular formula is C17H26N2O2. The lowest BCUT2D eigenvalue weighted by atomic mass is 10.0. The van der Waals surface area contributed by atoms with Gasteiger partial charge in [0, 0.05) is 18.7 Å². The Balaban J connectivity index is 2.80. The highest BCUT2D eigenvalue weighted by atomic mass is 16.2. The number of carbonyl (C=O) groups is 2. The number of anilines is 1. The van der Waals surface area contributed by atoms with Crippen molar-refractivity contribution in [2.45, 2.75) is 53.0 Å². The second-order valence-electron chi connectivity index (χ2n) is 5.69. The van der Waals surface area contributed by atoms with Gasteiger partial charge in [0.2, 0.25) is 11.8 Å². The van der Waals surface area contributed by atoms with Crippen molar-refractivity contribution in [3.63, 3.8) is 0 Å². The molecule has 1 aromatic rings. The summed E-state index contributed by atoms with van der Waals surface area (Å²) >= 11 is 0. The zero-order valence-electron chi connectivity index (χ0n) is 13.6. The molecule has 1 atom stereocenters. The number of para-hydroxylation sites is 1. The van der Waals surface area contributed by atoms with Crippen LogP contribution in [0.3, 0.4) is 0 Å². The first-order chi connectivity index (χ1) is 9.86. The second kappa shape index (κ2) is 7.81. The monoisotopic (exact) mass is 290 g/mol. The first-order valence-electron chi connectivity index (χ1n) is 7.52. The van der Waals surface area contributed by atoms with E-state index in [1.54, 1.807) is 4.90 Å². The summed E-state index contributed by atoms with van der Waals surface area (Å²) in [5, 5.41) is 2.92. The summed E-state index contributed by atoms with van der Waals surface area (Å²) in [5.74, 6) is 0.107. The van der Waals surface area contributed by atoms with Crippen molar-refractivity contribution in [2.24, 2.45) is 0 Å². The van der Waals surface area contributed by atoms with Crippen molar-refractivity contribution in [3.05, 3.63) is 29.8 Å². The van der Waals surface area contributed by atoms with E-state index in [1.807, 2.05) is 38.1 Å². The average Bonchev–Trinajstić information content (AvgIpc) is 2.44. The van der Waals surface area contributed by atoms with Gasteiger partial charge in [-0.25, -0.2) is 0 Å². The minimum atomic E-state index is -0.154. The van der Waals surface area contributed by atoms with Crippen molar-refractivity contribution in [1.29, 1.82) is 0 Å². The first-order valence-corrected chi connectivity index (χ1v) is 7.52. The fraction of sp³-hybridized carbons (Fsp3) is 0.529. The molecule has 0 fully saturated rings. The van der Waals surface area contributed by atoms with E-state index < -0.39 is 0 Å². The number of nitrogens with zero attached hydrogens (tertiary/aromatic N) is 1. The smallest absolute Gasteiger partial charge is 0.244 e. The van der Waals surface area contributed by atoms with Crippen LogP contribution in [0.25, 0.3) is 0 Å². The Kier molecular flexibility index (Phi) is 6.40. The highest BCUT2D eigenvalue weighted by molar-refractivity contribution is 5.95. The molecule has 116 valence electrons. The Bertz CT molecular complexity index is 497. The number of hydrogen-bond donors (Lipinski definition) is 1. The maximum absolute atomic E-state index is 12.2. The molecule has 21 heavy (non-hydrogen) atoms. The van der Waals surface area contributed by atoms with E-state index in [-0.39, 0.29) is 24.4 Å². The Morgan fingerprint density at radius 1 is 1.19 bits per heavy atom. The molecule has 0 saturated heterocycles. The van der Waals surface area contributed by atoms with Crippen molar-refractivity contribution >= 4 is 17.5 Å². The minimum absolute atomic E-state index is 0.0635. The third kappa shape index (κ3) is 4.88. The summed E-state index contributed by atoms with van der Waals surface area (Å²) in [5.41, 5.74) is 1.92. The summed E-state index contributed by atoms with van der Waals surface area (Å²) in [4.78, 5) is 25.5. The zero-order valence-corrected chi connectivity index (χ0v) is 13.6. The number of benzene rings is 1. The van der Waals surface area contributed by atoms with Crippen LogP contribution in [0.2, 0.25) is 0 Å². The molecule has 1 N–H and O–H groups in total. The van der Waals surface area contributed by atoms with Gasteiger partial charge < -0.3 is 10.2 Å². The van der Waals surface area contributed by atoms with Gasteiger partial charge in [-0.3, -0.25) is 9.59 Å². The van der Waals surface area contributed by atoms with E-state index in [9.17, 15) is 9.59 Å². The van der Waals surface area contributed by atoms with E-state index in [4.69, 9.17) is 0 Å². The second-order valence-corrected chi connectivity index (χ2v) is 5.69. The van der Waals surface area contributed by atoms with Gasteiger partial charge >= 0.3 is 0 Å². The summed E-state index contributed by atoms with van der Waals surface area (Å²) in [6, 6.07) is 7.84. The van der Waals surface area contributed by atoms with E-state index in [0.717, 1.165) is 17.7 Å². The van der Waals surface area contributed by atoms with Gasteiger partial charge in [-0.05, 0) is 30.9 Å². The Hall–Kier alpha value is -1.84. The van der Waals surface area contributed by atoms with Gasteiger partial charge in [0.25, 0.3) is 0 Å². The molecule has 1 rings (SSSR count). The number of carbonyl (C=O) groups excluding carboxylic acids is 2. The van der Waals surface area contributed by atoms with E-state index in [0.29, 0.717) is 5.92 Å².